The van der Waals surface area contributed by atoms with Gasteiger partial charge in [-0.1, -0.05) is 72.8 Å². The first-order chi connectivity index (χ1) is 13.7. The van der Waals surface area contributed by atoms with Crippen molar-refractivity contribution >= 4 is 12.6 Å². The van der Waals surface area contributed by atoms with Gasteiger partial charge in [0.15, 0.2) is 0 Å². The minimum atomic E-state index is -1.52. The number of hydrogen-bond acceptors (Lipinski definition) is 3. The minimum absolute atomic E-state index is 0.489. The average molecular weight is 361 g/mol. The normalized spacial score (nSPS) is 17.8. The quantitative estimate of drug-likeness (QED) is 0.443. The molecule has 2 aliphatic rings. The molecule has 3 nitrogen and oxygen atoms in total. The molecule has 6 rings (SSSR count). The van der Waals surface area contributed by atoms with E-state index < -0.39 is 12.5 Å². The summed E-state index contributed by atoms with van der Waals surface area (Å²) in [4.78, 5) is 4.72. The molecule has 0 aliphatic heterocycles. The van der Waals surface area contributed by atoms with E-state index in [0.29, 0.717) is 5.46 Å². The maximum atomic E-state index is 10.1. The van der Waals surface area contributed by atoms with Crippen LogP contribution in [0.1, 0.15) is 22.3 Å². The van der Waals surface area contributed by atoms with Crippen LogP contribution in [-0.2, 0) is 5.41 Å². The second-order valence-corrected chi connectivity index (χ2v) is 7.38. The fourth-order valence-corrected chi connectivity index (χ4v) is 5.24. The van der Waals surface area contributed by atoms with Crippen molar-refractivity contribution in [2.24, 2.45) is 0 Å². The van der Waals surface area contributed by atoms with Crippen molar-refractivity contribution in [3.8, 4) is 22.4 Å². The Morgan fingerprint density at radius 1 is 0.643 bits per heavy atom. The third-order valence-electron chi connectivity index (χ3n) is 6.18. The van der Waals surface area contributed by atoms with Gasteiger partial charge < -0.3 is 10.0 Å². The molecule has 0 amide bonds. The number of fused-ring (bicyclic) bond motifs is 10. The van der Waals surface area contributed by atoms with Crippen molar-refractivity contribution in [3.63, 3.8) is 0 Å². The Labute approximate surface area is 163 Å². The zero-order chi connectivity index (χ0) is 18.9. The second kappa shape index (κ2) is 5.41. The number of pyridine rings is 1. The maximum Gasteiger partial charge on any atom is 0.489 e. The number of nitrogens with zero attached hydrogens (tertiary/aromatic N) is 1. The van der Waals surface area contributed by atoms with E-state index in [1.807, 2.05) is 30.5 Å². The lowest BCUT2D eigenvalue weighted by Gasteiger charge is -2.30. The molecule has 2 aliphatic carbocycles. The van der Waals surface area contributed by atoms with Gasteiger partial charge in [0, 0.05) is 11.8 Å². The monoisotopic (exact) mass is 361 g/mol. The van der Waals surface area contributed by atoms with E-state index in [9.17, 15) is 10.0 Å². The van der Waals surface area contributed by atoms with E-state index >= 15 is 0 Å². The largest absolute Gasteiger partial charge is 0.489 e. The van der Waals surface area contributed by atoms with E-state index in [1.54, 1.807) is 6.07 Å². The lowest BCUT2D eigenvalue weighted by molar-refractivity contribution is 0.426. The van der Waals surface area contributed by atoms with Crippen LogP contribution in [0.25, 0.3) is 22.4 Å². The summed E-state index contributed by atoms with van der Waals surface area (Å²) < 4.78 is 0. The van der Waals surface area contributed by atoms with Gasteiger partial charge in [-0.15, -0.1) is 0 Å². The topological polar surface area (TPSA) is 53.4 Å². The molecule has 0 radical (unpaired) electrons. The lowest BCUT2D eigenvalue weighted by atomic mass is 9.69. The summed E-state index contributed by atoms with van der Waals surface area (Å²) in [6.45, 7) is 0. The third kappa shape index (κ3) is 1.70. The van der Waals surface area contributed by atoms with Crippen LogP contribution in [-0.4, -0.2) is 22.2 Å². The van der Waals surface area contributed by atoms with Crippen LogP contribution < -0.4 is 5.46 Å². The van der Waals surface area contributed by atoms with E-state index in [1.165, 1.54) is 5.56 Å². The molecule has 0 saturated heterocycles. The molecule has 3 aromatic carbocycles. The van der Waals surface area contributed by atoms with Gasteiger partial charge in [0.05, 0.1) is 11.1 Å². The SMILES string of the molecule is OB(O)c1cccc2c1-c1ccccc1C21c2ccccc2-c2ncccc21. The molecule has 1 heterocycles. The van der Waals surface area contributed by atoms with Crippen LogP contribution >= 0.6 is 0 Å². The molecule has 0 fully saturated rings. The molecule has 1 spiro atoms. The van der Waals surface area contributed by atoms with Crippen molar-refractivity contribution < 1.29 is 10.0 Å². The van der Waals surface area contributed by atoms with Gasteiger partial charge in [-0.05, 0) is 44.9 Å². The predicted molar refractivity (Wildman–Crippen MR) is 110 cm³/mol. The van der Waals surface area contributed by atoms with Gasteiger partial charge in [-0.2, -0.15) is 0 Å². The Bertz CT molecular complexity index is 1220. The van der Waals surface area contributed by atoms with Gasteiger partial charge in [0.25, 0.3) is 0 Å². The predicted octanol–water partition coefficient (Wildman–Crippen LogP) is 3.10. The van der Waals surface area contributed by atoms with Gasteiger partial charge in [-0.3, -0.25) is 4.98 Å². The smallest absolute Gasteiger partial charge is 0.423 e. The molecular formula is C24H16BNO2. The van der Waals surface area contributed by atoms with E-state index in [0.717, 1.165) is 39.1 Å². The average Bonchev–Trinajstić information content (AvgIpc) is 3.21. The summed E-state index contributed by atoms with van der Waals surface area (Å²) in [5.41, 5.74) is 8.73. The molecule has 0 bridgehead atoms. The molecule has 132 valence electrons. The highest BCUT2D eigenvalue weighted by Crippen LogP contribution is 2.61. The highest BCUT2D eigenvalue weighted by atomic mass is 16.4. The van der Waals surface area contributed by atoms with Crippen molar-refractivity contribution in [3.05, 3.63) is 107 Å². The standard InChI is InChI=1S/C24H16BNO2/c27-25(28)21-13-5-11-19-22(21)15-7-1-3-9-17(15)24(19)18-10-4-2-8-16(18)23-20(24)12-6-14-26-23/h1-14,27-28H. The molecule has 1 atom stereocenters. The summed E-state index contributed by atoms with van der Waals surface area (Å²) in [5, 5.41) is 20.2. The van der Waals surface area contributed by atoms with Crippen LogP contribution in [0.4, 0.5) is 0 Å². The van der Waals surface area contributed by atoms with Crippen molar-refractivity contribution in [1.29, 1.82) is 0 Å². The summed E-state index contributed by atoms with van der Waals surface area (Å²) in [7, 11) is -1.52. The Morgan fingerprint density at radius 3 is 2.07 bits per heavy atom. The van der Waals surface area contributed by atoms with Gasteiger partial charge in [-0.25, -0.2) is 0 Å². The highest BCUT2D eigenvalue weighted by molar-refractivity contribution is 6.60. The summed E-state index contributed by atoms with van der Waals surface area (Å²) >= 11 is 0. The maximum absolute atomic E-state index is 10.1. The molecule has 2 N–H and O–H groups in total. The Morgan fingerprint density at radius 2 is 1.29 bits per heavy atom. The van der Waals surface area contributed by atoms with Crippen LogP contribution in [0.5, 0.6) is 0 Å². The molecule has 1 aromatic heterocycles. The van der Waals surface area contributed by atoms with Gasteiger partial charge >= 0.3 is 7.12 Å². The minimum Gasteiger partial charge on any atom is -0.423 e. The Balaban J connectivity index is 1.86. The molecule has 1 unspecified atom stereocenters. The number of aromatic nitrogens is 1. The van der Waals surface area contributed by atoms with Crippen molar-refractivity contribution in [2.45, 2.75) is 5.41 Å². The van der Waals surface area contributed by atoms with E-state index in [-0.39, 0.29) is 0 Å². The fourth-order valence-electron chi connectivity index (χ4n) is 5.24. The fraction of sp³-hybridized carbons (Fsp3) is 0.0417. The summed E-state index contributed by atoms with van der Waals surface area (Å²) in [6.07, 6.45) is 1.84. The Kier molecular flexibility index (Phi) is 3.06. The van der Waals surface area contributed by atoms with E-state index in [2.05, 4.69) is 48.5 Å². The number of benzene rings is 3. The summed E-state index contributed by atoms with van der Waals surface area (Å²) in [5.74, 6) is 0. The van der Waals surface area contributed by atoms with E-state index in [4.69, 9.17) is 4.98 Å². The molecule has 4 aromatic rings. The van der Waals surface area contributed by atoms with Crippen LogP contribution in [0.3, 0.4) is 0 Å². The van der Waals surface area contributed by atoms with Crippen LogP contribution in [0, 0.1) is 0 Å². The number of rotatable bonds is 1. The highest BCUT2D eigenvalue weighted by Gasteiger charge is 2.52. The second-order valence-electron chi connectivity index (χ2n) is 7.38. The Hall–Kier alpha value is -3.21. The molecular weight excluding hydrogens is 345 g/mol. The van der Waals surface area contributed by atoms with Crippen LogP contribution in [0.2, 0.25) is 0 Å². The van der Waals surface area contributed by atoms with Crippen molar-refractivity contribution in [1.82, 2.24) is 4.98 Å². The number of hydrogen-bond donors (Lipinski definition) is 2. The van der Waals surface area contributed by atoms with Gasteiger partial charge in [0.2, 0.25) is 0 Å². The molecule has 28 heavy (non-hydrogen) atoms. The molecule has 4 heteroatoms. The third-order valence-corrected chi connectivity index (χ3v) is 6.18. The lowest BCUT2D eigenvalue weighted by Crippen LogP contribution is -2.33. The van der Waals surface area contributed by atoms with Crippen LogP contribution in [0.15, 0.2) is 85.1 Å². The van der Waals surface area contributed by atoms with Gasteiger partial charge in [0.1, 0.15) is 0 Å². The molecule has 0 saturated carbocycles. The van der Waals surface area contributed by atoms with Crippen molar-refractivity contribution in [2.75, 3.05) is 0 Å². The zero-order valence-electron chi connectivity index (χ0n) is 15.0. The zero-order valence-corrected chi connectivity index (χ0v) is 15.0. The first-order valence-corrected chi connectivity index (χ1v) is 9.39. The summed E-state index contributed by atoms with van der Waals surface area (Å²) in [6, 6.07) is 26.7. The first-order valence-electron chi connectivity index (χ1n) is 9.39. The first kappa shape index (κ1) is 15.8.